The van der Waals surface area contributed by atoms with E-state index < -0.39 is 41.4 Å². The van der Waals surface area contributed by atoms with Gasteiger partial charge in [-0.2, -0.15) is 0 Å². The largest absolute Gasteiger partial charge is 0.369 e. The molecule has 1 unspecified atom stereocenters. The number of fused-ring (bicyclic) bond motifs is 1. The Bertz CT molecular complexity index is 1460. The Labute approximate surface area is 242 Å². The van der Waals surface area contributed by atoms with Crippen molar-refractivity contribution in [1.29, 1.82) is 0 Å². The molecule has 4 aliphatic rings. The lowest BCUT2D eigenvalue weighted by atomic mass is 9.95. The fourth-order valence-electron chi connectivity index (χ4n) is 6.48. The first-order valence-corrected chi connectivity index (χ1v) is 14.4. The van der Waals surface area contributed by atoms with Crippen molar-refractivity contribution in [3.63, 3.8) is 0 Å². The summed E-state index contributed by atoms with van der Waals surface area (Å²) in [6.07, 6.45) is 2.11. The second-order valence-electron chi connectivity index (χ2n) is 11.4. The molecule has 0 bridgehead atoms. The minimum atomic E-state index is -0.977. The number of hydrogen-bond acceptors (Lipinski definition) is 8. The molecule has 0 aliphatic carbocycles. The highest BCUT2D eigenvalue weighted by atomic mass is 19.1. The number of nitrogens with two attached hydrogens (primary N) is 1. The predicted octanol–water partition coefficient (Wildman–Crippen LogP) is 1.36. The molecule has 6 rings (SSSR count). The van der Waals surface area contributed by atoms with Crippen LogP contribution in [0.1, 0.15) is 56.8 Å². The standard InChI is InChI=1S/C30H33FN6O5/c31-23-15-19(27(32)39)1-4-24(23)36-9-7-18(8-10-36)17-34-11-13-35(14-12-34)20-2-3-21-22(16-20)30(42)37(29(21)41)25-5-6-26(38)33-28(25)40/h1-4,15-16,18,25H,5-14,17H2,(H2,32,39)(H,33,38,40). The average Bonchev–Trinajstić information content (AvgIpc) is 3.22. The Morgan fingerprint density at radius 3 is 2.24 bits per heavy atom. The summed E-state index contributed by atoms with van der Waals surface area (Å²) in [7, 11) is 0. The molecule has 220 valence electrons. The van der Waals surface area contributed by atoms with Crippen LogP contribution in [0, 0.1) is 11.7 Å². The number of amides is 5. The van der Waals surface area contributed by atoms with Crippen LogP contribution in [-0.4, -0.2) is 91.2 Å². The number of nitrogens with zero attached hydrogens (tertiary/aromatic N) is 4. The topological polar surface area (TPSA) is 136 Å². The van der Waals surface area contributed by atoms with E-state index >= 15 is 0 Å². The van der Waals surface area contributed by atoms with E-state index in [2.05, 4.69) is 15.1 Å². The zero-order valence-electron chi connectivity index (χ0n) is 23.2. The highest BCUT2D eigenvalue weighted by molar-refractivity contribution is 6.23. The van der Waals surface area contributed by atoms with Crippen LogP contribution in [0.4, 0.5) is 15.8 Å². The van der Waals surface area contributed by atoms with Gasteiger partial charge in [-0.1, -0.05) is 0 Å². The Hall–Kier alpha value is -4.32. The fourth-order valence-corrected chi connectivity index (χ4v) is 6.48. The van der Waals surface area contributed by atoms with Gasteiger partial charge in [0.15, 0.2) is 0 Å². The second kappa shape index (κ2) is 11.2. The molecule has 3 N–H and O–H groups in total. The van der Waals surface area contributed by atoms with Gasteiger partial charge >= 0.3 is 0 Å². The molecular weight excluding hydrogens is 543 g/mol. The third-order valence-electron chi connectivity index (χ3n) is 8.86. The van der Waals surface area contributed by atoms with Crippen molar-refractivity contribution in [2.75, 3.05) is 55.6 Å². The van der Waals surface area contributed by atoms with Gasteiger partial charge in [0, 0.05) is 63.5 Å². The number of carbonyl (C=O) groups excluding carboxylic acids is 5. The molecule has 0 radical (unpaired) electrons. The molecule has 5 amide bonds. The van der Waals surface area contributed by atoms with E-state index in [9.17, 15) is 28.4 Å². The van der Waals surface area contributed by atoms with Crippen LogP contribution < -0.4 is 20.9 Å². The molecule has 0 saturated carbocycles. The summed E-state index contributed by atoms with van der Waals surface area (Å²) in [6, 6.07) is 8.66. The third kappa shape index (κ3) is 5.22. The maximum Gasteiger partial charge on any atom is 0.262 e. The van der Waals surface area contributed by atoms with E-state index in [0.29, 0.717) is 11.6 Å². The van der Waals surface area contributed by atoms with Crippen LogP contribution in [0.2, 0.25) is 0 Å². The molecular formula is C30H33FN6O5. The minimum Gasteiger partial charge on any atom is -0.369 e. The van der Waals surface area contributed by atoms with E-state index in [1.54, 1.807) is 24.3 Å². The lowest BCUT2D eigenvalue weighted by molar-refractivity contribution is -0.136. The highest BCUT2D eigenvalue weighted by Crippen LogP contribution is 2.32. The van der Waals surface area contributed by atoms with Crippen molar-refractivity contribution < 1.29 is 28.4 Å². The van der Waals surface area contributed by atoms with Gasteiger partial charge in [0.05, 0.1) is 16.8 Å². The Morgan fingerprint density at radius 2 is 1.57 bits per heavy atom. The number of primary amides is 1. The van der Waals surface area contributed by atoms with Gasteiger partial charge in [-0.15, -0.1) is 0 Å². The summed E-state index contributed by atoms with van der Waals surface area (Å²) in [4.78, 5) is 69.0. The Balaban J connectivity index is 1.02. The van der Waals surface area contributed by atoms with Crippen LogP contribution in [0.3, 0.4) is 0 Å². The number of piperidine rings is 2. The van der Waals surface area contributed by atoms with Crippen LogP contribution >= 0.6 is 0 Å². The quantitative estimate of drug-likeness (QED) is 0.492. The van der Waals surface area contributed by atoms with Crippen molar-refractivity contribution in [3.05, 3.63) is 58.9 Å². The number of carbonyl (C=O) groups is 5. The molecule has 11 nitrogen and oxygen atoms in total. The zero-order chi connectivity index (χ0) is 29.5. The summed E-state index contributed by atoms with van der Waals surface area (Å²) >= 11 is 0. The maximum atomic E-state index is 14.6. The number of benzene rings is 2. The van der Waals surface area contributed by atoms with Crippen LogP contribution in [0.25, 0.3) is 0 Å². The van der Waals surface area contributed by atoms with Crippen molar-refractivity contribution >= 4 is 40.9 Å². The minimum absolute atomic E-state index is 0.0865. The summed E-state index contributed by atoms with van der Waals surface area (Å²) < 4.78 is 14.6. The summed E-state index contributed by atoms with van der Waals surface area (Å²) in [5.41, 5.74) is 7.35. The maximum absolute atomic E-state index is 14.6. The van der Waals surface area contributed by atoms with E-state index in [1.165, 1.54) is 6.07 Å². The molecule has 1 atom stereocenters. The van der Waals surface area contributed by atoms with Gasteiger partial charge in [0.1, 0.15) is 11.9 Å². The van der Waals surface area contributed by atoms with Gasteiger partial charge in [-0.25, -0.2) is 4.39 Å². The third-order valence-corrected chi connectivity index (χ3v) is 8.86. The van der Waals surface area contributed by atoms with Gasteiger partial charge < -0.3 is 15.5 Å². The lowest BCUT2D eigenvalue weighted by Crippen LogP contribution is -2.54. The number of hydrogen-bond donors (Lipinski definition) is 2. The number of anilines is 2. The molecule has 2 aromatic rings. The lowest BCUT2D eigenvalue weighted by Gasteiger charge is -2.40. The van der Waals surface area contributed by atoms with Crippen molar-refractivity contribution in [2.45, 2.75) is 31.7 Å². The Morgan fingerprint density at radius 1 is 0.857 bits per heavy atom. The van der Waals surface area contributed by atoms with Gasteiger partial charge in [0.25, 0.3) is 11.8 Å². The van der Waals surface area contributed by atoms with Crippen LogP contribution in [0.15, 0.2) is 36.4 Å². The Kier molecular flexibility index (Phi) is 7.40. The predicted molar refractivity (Wildman–Crippen MR) is 152 cm³/mol. The van der Waals surface area contributed by atoms with E-state index in [-0.39, 0.29) is 29.5 Å². The number of rotatable bonds is 6. The van der Waals surface area contributed by atoms with Gasteiger partial charge in [0.2, 0.25) is 17.7 Å². The van der Waals surface area contributed by atoms with Gasteiger partial charge in [-0.3, -0.25) is 39.1 Å². The van der Waals surface area contributed by atoms with E-state index in [4.69, 9.17) is 5.73 Å². The molecule has 0 spiro atoms. The normalized spacial score (nSPS) is 22.0. The van der Waals surface area contributed by atoms with Crippen molar-refractivity contribution in [2.24, 2.45) is 11.7 Å². The smallest absolute Gasteiger partial charge is 0.262 e. The second-order valence-corrected chi connectivity index (χ2v) is 11.4. The molecule has 3 fully saturated rings. The molecule has 3 saturated heterocycles. The number of nitrogens with one attached hydrogen (secondary N) is 1. The fraction of sp³-hybridized carbons (Fsp3) is 0.433. The first-order chi connectivity index (χ1) is 20.2. The molecule has 4 aliphatic heterocycles. The number of halogens is 1. The monoisotopic (exact) mass is 576 g/mol. The SMILES string of the molecule is NC(=O)c1ccc(N2CCC(CN3CCN(c4ccc5c(c4)C(=O)N(C4CCC(=O)NC4=O)C5=O)CC3)CC2)c(F)c1. The number of imide groups is 2. The first kappa shape index (κ1) is 27.8. The molecule has 4 heterocycles. The number of piperazine rings is 1. The summed E-state index contributed by atoms with van der Waals surface area (Å²) in [5.74, 6) is -2.59. The van der Waals surface area contributed by atoms with Crippen LogP contribution in [-0.2, 0) is 9.59 Å². The first-order valence-electron chi connectivity index (χ1n) is 14.4. The highest BCUT2D eigenvalue weighted by Gasteiger charge is 2.44. The van der Waals surface area contributed by atoms with E-state index in [1.807, 2.05) is 11.0 Å². The zero-order valence-corrected chi connectivity index (χ0v) is 23.2. The molecule has 0 aromatic heterocycles. The molecule has 12 heteroatoms. The summed E-state index contributed by atoms with van der Waals surface area (Å²) in [6.45, 7) is 5.71. The van der Waals surface area contributed by atoms with Crippen molar-refractivity contribution in [1.82, 2.24) is 15.1 Å². The van der Waals surface area contributed by atoms with Crippen molar-refractivity contribution in [3.8, 4) is 0 Å². The molecule has 2 aromatic carbocycles. The average molecular weight is 577 g/mol. The van der Waals surface area contributed by atoms with Gasteiger partial charge in [-0.05, 0) is 61.6 Å². The summed E-state index contributed by atoms with van der Waals surface area (Å²) in [5, 5.41) is 2.22. The van der Waals surface area contributed by atoms with E-state index in [0.717, 1.165) is 69.2 Å². The molecule has 42 heavy (non-hydrogen) atoms. The van der Waals surface area contributed by atoms with Crippen LogP contribution in [0.5, 0.6) is 0 Å².